The van der Waals surface area contributed by atoms with Gasteiger partial charge < -0.3 is 4.90 Å². The topological polar surface area (TPSA) is 57.7 Å². The zero-order chi connectivity index (χ0) is 18.4. The Morgan fingerprint density at radius 2 is 1.72 bits per heavy atom. The Labute approximate surface area is 148 Å². The van der Waals surface area contributed by atoms with Crippen LogP contribution in [-0.4, -0.2) is 27.9 Å². The second-order valence-electron chi connectivity index (χ2n) is 6.67. The molecule has 1 heterocycles. The quantitative estimate of drug-likeness (QED) is 0.844. The first-order chi connectivity index (χ1) is 11.7. The van der Waals surface area contributed by atoms with Crippen LogP contribution in [0.3, 0.4) is 0 Å². The molecule has 6 heteroatoms. The highest BCUT2D eigenvalue weighted by Gasteiger charge is 2.43. The van der Waals surface area contributed by atoms with Gasteiger partial charge in [-0.15, -0.1) is 0 Å². The number of sulfonamides is 1. The van der Waals surface area contributed by atoms with Crippen LogP contribution < -0.4 is 9.21 Å². The van der Waals surface area contributed by atoms with Gasteiger partial charge in [0, 0.05) is 19.3 Å². The summed E-state index contributed by atoms with van der Waals surface area (Å²) in [6, 6.07) is 13.9. The van der Waals surface area contributed by atoms with Crippen LogP contribution in [0.5, 0.6) is 0 Å². The Morgan fingerprint density at radius 1 is 1.08 bits per heavy atom. The van der Waals surface area contributed by atoms with Crippen LogP contribution in [0.4, 0.5) is 11.4 Å². The van der Waals surface area contributed by atoms with Gasteiger partial charge in [-0.1, -0.05) is 18.2 Å². The number of carbonyl (C=O) groups excluding carboxylic acids is 1. The smallest absolute Gasteiger partial charge is 0.264 e. The summed E-state index contributed by atoms with van der Waals surface area (Å²) in [6.07, 6.45) is 0. The van der Waals surface area contributed by atoms with E-state index in [1.807, 2.05) is 32.0 Å². The van der Waals surface area contributed by atoms with Crippen LogP contribution in [0, 0.1) is 0 Å². The molecule has 0 saturated heterocycles. The van der Waals surface area contributed by atoms with E-state index in [2.05, 4.69) is 0 Å². The van der Waals surface area contributed by atoms with E-state index in [-0.39, 0.29) is 10.8 Å². The maximum absolute atomic E-state index is 13.2. The van der Waals surface area contributed by atoms with Gasteiger partial charge in [-0.3, -0.25) is 9.10 Å². The zero-order valence-corrected chi connectivity index (χ0v) is 15.7. The van der Waals surface area contributed by atoms with Crippen molar-refractivity contribution >= 4 is 27.3 Å². The van der Waals surface area contributed by atoms with Crippen LogP contribution in [0.15, 0.2) is 53.4 Å². The third kappa shape index (κ3) is 2.61. The fourth-order valence-corrected chi connectivity index (χ4v) is 4.83. The van der Waals surface area contributed by atoms with E-state index in [1.165, 1.54) is 4.31 Å². The average Bonchev–Trinajstić information content (AvgIpc) is 2.77. The lowest BCUT2D eigenvalue weighted by molar-refractivity contribution is -0.121. The molecule has 0 spiro atoms. The molecule has 1 aliphatic rings. The van der Waals surface area contributed by atoms with Crippen molar-refractivity contribution in [2.24, 2.45) is 0 Å². The van der Waals surface area contributed by atoms with E-state index in [1.54, 1.807) is 49.2 Å². The van der Waals surface area contributed by atoms with Gasteiger partial charge in [0.25, 0.3) is 10.0 Å². The number of rotatable bonds is 4. The average molecular weight is 358 g/mol. The monoisotopic (exact) mass is 358 g/mol. The molecule has 0 aromatic heterocycles. The van der Waals surface area contributed by atoms with Crippen molar-refractivity contribution in [1.29, 1.82) is 0 Å². The summed E-state index contributed by atoms with van der Waals surface area (Å²) < 4.78 is 27.7. The number of hydrogen-bond donors (Lipinski definition) is 0. The molecule has 0 N–H and O–H groups in total. The summed E-state index contributed by atoms with van der Waals surface area (Å²) in [5, 5.41) is 0. The molecular weight excluding hydrogens is 336 g/mol. The van der Waals surface area contributed by atoms with Gasteiger partial charge in [0.1, 0.15) is 0 Å². The summed E-state index contributed by atoms with van der Waals surface area (Å²) in [7, 11) is -1.99. The summed E-state index contributed by atoms with van der Waals surface area (Å²) in [4.78, 5) is 14.2. The number of carbonyl (C=O) groups is 1. The van der Waals surface area contributed by atoms with Crippen molar-refractivity contribution in [2.75, 3.05) is 22.8 Å². The molecule has 5 nitrogen and oxygen atoms in total. The Morgan fingerprint density at radius 3 is 2.32 bits per heavy atom. The predicted molar refractivity (Wildman–Crippen MR) is 99.5 cm³/mol. The molecule has 132 valence electrons. The molecule has 1 aliphatic heterocycles. The molecule has 25 heavy (non-hydrogen) atoms. The maximum atomic E-state index is 13.2. The largest absolute Gasteiger partial charge is 0.314 e. The molecule has 3 rings (SSSR count). The second-order valence-corrected chi connectivity index (χ2v) is 8.54. The lowest BCUT2D eigenvalue weighted by Gasteiger charge is -2.24. The number of amides is 1. The van der Waals surface area contributed by atoms with Crippen LogP contribution in [0.25, 0.3) is 0 Å². The van der Waals surface area contributed by atoms with E-state index in [4.69, 9.17) is 0 Å². The third-order valence-corrected chi connectivity index (χ3v) is 6.66. The Bertz CT molecular complexity index is 921. The Hall–Kier alpha value is -2.34. The molecule has 1 amide bonds. The standard InChI is InChI=1S/C19H22N2O3S/c1-5-21(14-9-7-6-8-10-14)25(23,24)15-11-12-17-16(13-15)19(2,3)18(22)20(17)4/h6-13H,5H2,1-4H3. The molecule has 0 radical (unpaired) electrons. The molecule has 0 unspecified atom stereocenters. The molecule has 2 aromatic carbocycles. The molecule has 0 fully saturated rings. The van der Waals surface area contributed by atoms with E-state index >= 15 is 0 Å². The van der Waals surface area contributed by atoms with Crippen molar-refractivity contribution in [2.45, 2.75) is 31.1 Å². The summed E-state index contributed by atoms with van der Waals surface area (Å²) >= 11 is 0. The van der Waals surface area contributed by atoms with Gasteiger partial charge in [0.15, 0.2) is 0 Å². The van der Waals surface area contributed by atoms with Gasteiger partial charge in [0.05, 0.1) is 16.0 Å². The fourth-order valence-electron chi connectivity index (χ4n) is 3.33. The van der Waals surface area contributed by atoms with Gasteiger partial charge in [-0.05, 0) is 56.7 Å². The zero-order valence-electron chi connectivity index (χ0n) is 14.9. The van der Waals surface area contributed by atoms with E-state index in [0.29, 0.717) is 12.2 Å². The van der Waals surface area contributed by atoms with Crippen molar-refractivity contribution in [3.8, 4) is 0 Å². The third-order valence-electron chi connectivity index (χ3n) is 4.76. The minimum Gasteiger partial charge on any atom is -0.314 e. The number of fused-ring (bicyclic) bond motifs is 1. The van der Waals surface area contributed by atoms with Crippen LogP contribution in [0.1, 0.15) is 26.3 Å². The van der Waals surface area contributed by atoms with Crippen LogP contribution >= 0.6 is 0 Å². The number of hydrogen-bond acceptors (Lipinski definition) is 3. The van der Waals surface area contributed by atoms with Crippen molar-refractivity contribution in [3.63, 3.8) is 0 Å². The highest BCUT2D eigenvalue weighted by atomic mass is 32.2. The minimum atomic E-state index is -3.71. The van der Waals surface area contributed by atoms with Crippen LogP contribution in [-0.2, 0) is 20.2 Å². The molecule has 0 saturated carbocycles. The maximum Gasteiger partial charge on any atom is 0.264 e. The Balaban J connectivity index is 2.11. The van der Waals surface area contributed by atoms with E-state index in [9.17, 15) is 13.2 Å². The lowest BCUT2D eigenvalue weighted by Crippen LogP contribution is -2.33. The van der Waals surface area contributed by atoms with E-state index in [0.717, 1.165) is 11.3 Å². The van der Waals surface area contributed by atoms with Gasteiger partial charge in [-0.25, -0.2) is 8.42 Å². The van der Waals surface area contributed by atoms with Gasteiger partial charge >= 0.3 is 0 Å². The fraction of sp³-hybridized carbons (Fsp3) is 0.316. The summed E-state index contributed by atoms with van der Waals surface area (Å²) in [5.41, 5.74) is 1.39. The molecule has 0 atom stereocenters. The second kappa shape index (κ2) is 5.88. The SMILES string of the molecule is CCN(c1ccccc1)S(=O)(=O)c1ccc2c(c1)C(C)(C)C(=O)N2C. The Kier molecular flexibility index (Phi) is 4.11. The number of likely N-dealkylation sites (N-methyl/N-ethyl adjacent to an activating group) is 1. The number of nitrogens with zero attached hydrogens (tertiary/aromatic N) is 2. The first kappa shape index (κ1) is 17.5. The van der Waals surface area contributed by atoms with Crippen LogP contribution in [0.2, 0.25) is 0 Å². The highest BCUT2D eigenvalue weighted by Crippen LogP contribution is 2.42. The van der Waals surface area contributed by atoms with Crippen molar-refractivity contribution in [3.05, 3.63) is 54.1 Å². The molecular formula is C19H22N2O3S. The van der Waals surface area contributed by atoms with Gasteiger partial charge in [-0.2, -0.15) is 0 Å². The lowest BCUT2D eigenvalue weighted by atomic mass is 9.86. The van der Waals surface area contributed by atoms with Gasteiger partial charge in [0.2, 0.25) is 5.91 Å². The van der Waals surface area contributed by atoms with E-state index < -0.39 is 15.4 Å². The molecule has 0 aliphatic carbocycles. The normalized spacial score (nSPS) is 16.0. The predicted octanol–water partition coefficient (Wildman–Crippen LogP) is 3.16. The number of para-hydroxylation sites is 1. The number of benzene rings is 2. The molecule has 0 bridgehead atoms. The minimum absolute atomic E-state index is 0.0348. The van der Waals surface area contributed by atoms with Crippen molar-refractivity contribution in [1.82, 2.24) is 0 Å². The summed E-state index contributed by atoms with van der Waals surface area (Å²) in [6.45, 7) is 5.77. The first-order valence-corrected chi connectivity index (χ1v) is 9.65. The highest BCUT2D eigenvalue weighted by molar-refractivity contribution is 7.92. The summed E-state index contributed by atoms with van der Waals surface area (Å²) in [5.74, 6) is -0.0348. The van der Waals surface area contributed by atoms with Crippen molar-refractivity contribution < 1.29 is 13.2 Å². The first-order valence-electron chi connectivity index (χ1n) is 8.21. The molecule has 2 aromatic rings. The number of anilines is 2.